The largest absolute Gasteiger partial charge is 0.444 e. The van der Waals surface area contributed by atoms with E-state index in [9.17, 15) is 23.5 Å². The average molecular weight is 563 g/mol. The summed E-state index contributed by atoms with van der Waals surface area (Å²) in [5.41, 5.74) is -1.86. The second-order valence-electron chi connectivity index (χ2n) is 10.7. The van der Waals surface area contributed by atoms with Crippen molar-refractivity contribution in [3.8, 4) is 10.6 Å². The molecule has 13 heteroatoms. The molecule has 1 saturated heterocycles. The molecule has 1 aliphatic rings. The molecule has 2 amide bonds. The Balaban J connectivity index is 1.67. The van der Waals surface area contributed by atoms with Crippen LogP contribution in [0.1, 0.15) is 57.4 Å². The highest BCUT2D eigenvalue weighted by atomic mass is 32.1. The van der Waals surface area contributed by atoms with Crippen LogP contribution in [0.25, 0.3) is 10.6 Å². The lowest BCUT2D eigenvalue weighted by Crippen LogP contribution is -2.30. The quantitative estimate of drug-likeness (QED) is 0.393. The Bertz CT molecular complexity index is 1360. The fourth-order valence-corrected chi connectivity index (χ4v) is 5.31. The molecule has 1 fully saturated rings. The molecule has 4 rings (SSSR count). The van der Waals surface area contributed by atoms with Crippen molar-refractivity contribution in [3.05, 3.63) is 41.7 Å². The summed E-state index contributed by atoms with van der Waals surface area (Å²) in [4.78, 5) is 32.3. The molecule has 0 aliphatic carbocycles. The number of aryl methyl sites for hydroxylation is 1. The summed E-state index contributed by atoms with van der Waals surface area (Å²) in [7, 11) is 1.74. The lowest BCUT2D eigenvalue weighted by atomic mass is 9.98. The van der Waals surface area contributed by atoms with Crippen molar-refractivity contribution in [1.29, 1.82) is 0 Å². The Kier molecular flexibility index (Phi) is 7.94. The minimum absolute atomic E-state index is 0.0318. The van der Waals surface area contributed by atoms with Crippen LogP contribution < -0.4 is 15.5 Å². The monoisotopic (exact) mass is 562 g/mol. The average Bonchev–Trinajstić information content (AvgIpc) is 3.32. The normalized spacial score (nSPS) is 18.0. The third kappa shape index (κ3) is 6.71. The van der Waals surface area contributed by atoms with Crippen molar-refractivity contribution in [1.82, 2.24) is 14.8 Å². The molecule has 3 heterocycles. The fourth-order valence-electron chi connectivity index (χ4n) is 4.32. The number of benzene rings is 1. The predicted molar refractivity (Wildman–Crippen MR) is 145 cm³/mol. The molecule has 1 aromatic carbocycles. The molecule has 0 bridgehead atoms. The van der Waals surface area contributed by atoms with Gasteiger partial charge >= 0.3 is 6.09 Å². The second-order valence-corrected chi connectivity index (χ2v) is 11.7. The SMILES string of the molecule is Cn1ncc(NC(=O)c2nc(-c3c(F)cccc3F)sc2NC(=O)OC(C)(C)C)c1N1CCCC(C)(O)CC1. The molecular weight excluding hydrogens is 530 g/mol. The van der Waals surface area contributed by atoms with Gasteiger partial charge in [-0.2, -0.15) is 5.10 Å². The zero-order valence-corrected chi connectivity index (χ0v) is 23.3. The topological polar surface area (TPSA) is 122 Å². The third-order valence-corrected chi connectivity index (χ3v) is 7.14. The van der Waals surface area contributed by atoms with Gasteiger partial charge in [-0.05, 0) is 59.1 Å². The number of aromatic nitrogens is 3. The van der Waals surface area contributed by atoms with E-state index in [0.717, 1.165) is 29.9 Å². The van der Waals surface area contributed by atoms with E-state index in [1.165, 1.54) is 12.3 Å². The summed E-state index contributed by atoms with van der Waals surface area (Å²) < 4.78 is 36.0. The van der Waals surface area contributed by atoms with E-state index in [4.69, 9.17) is 4.74 Å². The third-order valence-electron chi connectivity index (χ3n) is 6.15. The van der Waals surface area contributed by atoms with E-state index < -0.39 is 40.4 Å². The lowest BCUT2D eigenvalue weighted by molar-refractivity contribution is 0.0481. The maximum atomic E-state index is 14.5. The van der Waals surface area contributed by atoms with E-state index >= 15 is 0 Å². The van der Waals surface area contributed by atoms with Crippen LogP contribution >= 0.6 is 11.3 Å². The van der Waals surface area contributed by atoms with Gasteiger partial charge in [-0.1, -0.05) is 17.4 Å². The Morgan fingerprint density at radius 1 is 1.15 bits per heavy atom. The minimum atomic E-state index is -0.855. The van der Waals surface area contributed by atoms with Crippen molar-refractivity contribution >= 4 is 39.8 Å². The zero-order chi connectivity index (χ0) is 28.5. The highest BCUT2D eigenvalue weighted by Gasteiger charge is 2.30. The lowest BCUT2D eigenvalue weighted by Gasteiger charge is -2.25. The van der Waals surface area contributed by atoms with Gasteiger partial charge in [-0.3, -0.25) is 14.8 Å². The number of hydrogen-bond donors (Lipinski definition) is 3. The highest BCUT2D eigenvalue weighted by Crippen LogP contribution is 2.37. The molecule has 0 saturated carbocycles. The van der Waals surface area contributed by atoms with Gasteiger partial charge in [-0.25, -0.2) is 18.6 Å². The molecule has 3 aromatic rings. The molecule has 2 aromatic heterocycles. The van der Waals surface area contributed by atoms with E-state index in [-0.39, 0.29) is 15.7 Å². The number of halogens is 2. The van der Waals surface area contributed by atoms with Crippen LogP contribution in [0.15, 0.2) is 24.4 Å². The van der Waals surface area contributed by atoms with Crippen LogP contribution in [0.5, 0.6) is 0 Å². The standard InChI is InChI=1S/C26H32F2N6O4S/c1-25(2,3)38-24(36)32-22-19(31-21(39-22)18-15(27)8-6-9-16(18)28)20(35)30-17-14-29-33(5)23(17)34-12-7-10-26(4,37)11-13-34/h6,8-9,14,37H,7,10-13H2,1-5H3,(H,30,35)(H,32,36). The Morgan fingerprint density at radius 2 is 1.85 bits per heavy atom. The number of carbonyl (C=O) groups is 2. The number of thiazole rings is 1. The van der Waals surface area contributed by atoms with E-state index in [0.29, 0.717) is 37.4 Å². The van der Waals surface area contributed by atoms with E-state index in [2.05, 4.69) is 20.7 Å². The molecule has 1 aliphatic heterocycles. The number of amides is 2. The first-order chi connectivity index (χ1) is 18.2. The first kappa shape index (κ1) is 28.4. The van der Waals surface area contributed by atoms with E-state index in [1.807, 2.05) is 4.90 Å². The van der Waals surface area contributed by atoms with Crippen LogP contribution in [0.4, 0.5) is 30.1 Å². The maximum Gasteiger partial charge on any atom is 0.412 e. The van der Waals surface area contributed by atoms with Gasteiger partial charge in [-0.15, -0.1) is 0 Å². The van der Waals surface area contributed by atoms with Gasteiger partial charge in [0.05, 0.1) is 17.4 Å². The number of nitrogens with one attached hydrogen (secondary N) is 2. The van der Waals surface area contributed by atoms with Gasteiger partial charge in [0.2, 0.25) is 0 Å². The van der Waals surface area contributed by atoms with Crippen LogP contribution in [0.2, 0.25) is 0 Å². The molecule has 210 valence electrons. The zero-order valence-electron chi connectivity index (χ0n) is 22.5. The van der Waals surface area contributed by atoms with Gasteiger partial charge in [0.15, 0.2) is 11.5 Å². The number of ether oxygens (including phenoxy) is 1. The summed E-state index contributed by atoms with van der Waals surface area (Å²) >= 11 is 0.751. The minimum Gasteiger partial charge on any atom is -0.444 e. The summed E-state index contributed by atoms with van der Waals surface area (Å²) in [5, 5.41) is 19.9. The number of nitrogens with zero attached hydrogens (tertiary/aromatic N) is 4. The van der Waals surface area contributed by atoms with Crippen LogP contribution in [0, 0.1) is 11.6 Å². The smallest absolute Gasteiger partial charge is 0.412 e. The van der Waals surface area contributed by atoms with Gasteiger partial charge in [0, 0.05) is 20.1 Å². The maximum absolute atomic E-state index is 14.5. The fraction of sp³-hybridized carbons (Fsp3) is 0.462. The summed E-state index contributed by atoms with van der Waals surface area (Å²) in [6, 6.07) is 3.39. The first-order valence-corrected chi connectivity index (χ1v) is 13.3. The number of rotatable bonds is 5. The Morgan fingerprint density at radius 3 is 2.51 bits per heavy atom. The summed E-state index contributed by atoms with van der Waals surface area (Å²) in [6.07, 6.45) is 2.58. The van der Waals surface area contributed by atoms with Crippen molar-refractivity contribution in [2.24, 2.45) is 7.05 Å². The molecule has 1 unspecified atom stereocenters. The van der Waals surface area contributed by atoms with Crippen LogP contribution in [0.3, 0.4) is 0 Å². The molecule has 0 spiro atoms. The van der Waals surface area contributed by atoms with E-state index in [1.54, 1.807) is 39.4 Å². The molecule has 10 nitrogen and oxygen atoms in total. The molecule has 3 N–H and O–H groups in total. The van der Waals surface area contributed by atoms with Crippen LogP contribution in [-0.2, 0) is 11.8 Å². The van der Waals surface area contributed by atoms with Gasteiger partial charge < -0.3 is 20.1 Å². The Hall–Kier alpha value is -3.58. The number of aliphatic hydroxyl groups is 1. The summed E-state index contributed by atoms with van der Waals surface area (Å²) in [6.45, 7) is 8.04. The first-order valence-electron chi connectivity index (χ1n) is 12.5. The predicted octanol–water partition coefficient (Wildman–Crippen LogP) is 5.16. The highest BCUT2D eigenvalue weighted by molar-refractivity contribution is 7.19. The molecule has 39 heavy (non-hydrogen) atoms. The number of hydrogen-bond acceptors (Lipinski definition) is 8. The van der Waals surface area contributed by atoms with Crippen LogP contribution in [-0.4, -0.2) is 56.2 Å². The van der Waals surface area contributed by atoms with Crippen molar-refractivity contribution in [2.75, 3.05) is 28.6 Å². The van der Waals surface area contributed by atoms with Crippen molar-refractivity contribution < 1.29 is 28.2 Å². The van der Waals surface area contributed by atoms with Crippen molar-refractivity contribution in [2.45, 2.75) is 58.2 Å². The number of carbonyl (C=O) groups excluding carboxylic acids is 2. The molecule has 0 radical (unpaired) electrons. The molecular formula is C26H32F2N6O4S. The number of anilines is 3. The van der Waals surface area contributed by atoms with Gasteiger partial charge in [0.1, 0.15) is 32.9 Å². The summed E-state index contributed by atoms with van der Waals surface area (Å²) in [5.74, 6) is -1.79. The second kappa shape index (κ2) is 10.9. The van der Waals surface area contributed by atoms with Gasteiger partial charge in [0.25, 0.3) is 5.91 Å². The molecule has 1 atom stereocenters. The van der Waals surface area contributed by atoms with Crippen molar-refractivity contribution in [3.63, 3.8) is 0 Å². The Labute approximate surface area is 229 Å².